The molecule has 1 aromatic carbocycles. The van der Waals surface area contributed by atoms with Crippen molar-refractivity contribution in [3.8, 4) is 17.2 Å². The normalized spacial score (nSPS) is 18.5. The maximum absolute atomic E-state index is 11.1. The molecule has 0 bridgehead atoms. The van der Waals surface area contributed by atoms with E-state index < -0.39 is 0 Å². The second kappa shape index (κ2) is 4.40. The van der Waals surface area contributed by atoms with E-state index in [0.29, 0.717) is 23.6 Å². The van der Waals surface area contributed by atoms with E-state index in [-0.39, 0.29) is 17.8 Å². The van der Waals surface area contributed by atoms with Crippen molar-refractivity contribution in [3.05, 3.63) is 17.7 Å². The van der Waals surface area contributed by atoms with E-state index in [4.69, 9.17) is 9.47 Å². The van der Waals surface area contributed by atoms with Gasteiger partial charge in [0, 0.05) is 18.7 Å². The van der Waals surface area contributed by atoms with Crippen LogP contribution in [0.4, 0.5) is 4.79 Å². The molecule has 3 N–H and O–H groups in total. The summed E-state index contributed by atoms with van der Waals surface area (Å²) >= 11 is 0. The summed E-state index contributed by atoms with van der Waals surface area (Å²) in [6.45, 7) is 0.412. The molecule has 2 rings (SSSR count). The number of hydrogen-bond acceptors (Lipinski definition) is 4. The van der Waals surface area contributed by atoms with Gasteiger partial charge in [-0.1, -0.05) is 0 Å². The number of urea groups is 1. The summed E-state index contributed by atoms with van der Waals surface area (Å²) in [4.78, 5) is 11.1. The van der Waals surface area contributed by atoms with Gasteiger partial charge in [0.25, 0.3) is 0 Å². The number of phenolic OH excluding ortho intramolecular Hbond substituents is 1. The van der Waals surface area contributed by atoms with Crippen LogP contribution in [0.3, 0.4) is 0 Å². The van der Waals surface area contributed by atoms with Crippen LogP contribution in [0.1, 0.15) is 11.6 Å². The molecule has 1 aliphatic heterocycles. The van der Waals surface area contributed by atoms with Crippen molar-refractivity contribution in [3.63, 3.8) is 0 Å². The number of hydrogen-bond donors (Lipinski definition) is 3. The van der Waals surface area contributed by atoms with Crippen molar-refractivity contribution in [1.29, 1.82) is 0 Å². The van der Waals surface area contributed by atoms with Crippen LogP contribution < -0.4 is 20.1 Å². The lowest BCUT2D eigenvalue weighted by Gasteiger charge is -2.16. The Morgan fingerprint density at radius 1 is 1.35 bits per heavy atom. The summed E-state index contributed by atoms with van der Waals surface area (Å²) in [7, 11) is 3.01. The van der Waals surface area contributed by atoms with Gasteiger partial charge in [-0.3, -0.25) is 0 Å². The molecular weight excluding hydrogens is 224 g/mol. The van der Waals surface area contributed by atoms with Crippen molar-refractivity contribution < 1.29 is 19.4 Å². The lowest BCUT2D eigenvalue weighted by molar-refractivity contribution is 0.247. The topological polar surface area (TPSA) is 79.8 Å². The minimum absolute atomic E-state index is 0.0372. The highest BCUT2D eigenvalue weighted by Gasteiger charge is 2.27. The number of phenols is 1. The highest BCUT2D eigenvalue weighted by molar-refractivity contribution is 5.77. The van der Waals surface area contributed by atoms with Crippen molar-refractivity contribution in [1.82, 2.24) is 10.6 Å². The van der Waals surface area contributed by atoms with Gasteiger partial charge in [0.05, 0.1) is 25.8 Å². The summed E-state index contributed by atoms with van der Waals surface area (Å²) in [5, 5.41) is 15.3. The summed E-state index contributed by atoms with van der Waals surface area (Å²) in [5.74, 6) is 1.02. The Morgan fingerprint density at radius 3 is 2.65 bits per heavy atom. The second-order valence-electron chi connectivity index (χ2n) is 3.67. The van der Waals surface area contributed by atoms with E-state index in [2.05, 4.69) is 10.6 Å². The Hall–Kier alpha value is -2.11. The van der Waals surface area contributed by atoms with E-state index in [1.807, 2.05) is 0 Å². The first-order valence-corrected chi connectivity index (χ1v) is 5.15. The van der Waals surface area contributed by atoms with Gasteiger partial charge in [-0.25, -0.2) is 4.79 Å². The maximum atomic E-state index is 11.1. The zero-order valence-corrected chi connectivity index (χ0v) is 9.61. The van der Waals surface area contributed by atoms with E-state index in [1.54, 1.807) is 6.07 Å². The molecule has 0 unspecified atom stereocenters. The Kier molecular flexibility index (Phi) is 2.95. The smallest absolute Gasteiger partial charge is 0.315 e. The van der Waals surface area contributed by atoms with Crippen LogP contribution in [0, 0.1) is 0 Å². The quantitative estimate of drug-likeness (QED) is 0.726. The number of aromatic hydroxyl groups is 1. The van der Waals surface area contributed by atoms with Gasteiger partial charge in [-0.15, -0.1) is 0 Å². The third kappa shape index (κ3) is 2.06. The molecule has 1 atom stereocenters. The number of carbonyl (C=O) groups is 1. The Labute approximate surface area is 98.5 Å². The highest BCUT2D eigenvalue weighted by atomic mass is 16.5. The molecule has 2 amide bonds. The van der Waals surface area contributed by atoms with Crippen LogP contribution in [0.2, 0.25) is 0 Å². The molecular formula is C11H14N2O4. The van der Waals surface area contributed by atoms with Crippen molar-refractivity contribution in [2.75, 3.05) is 20.8 Å². The average molecular weight is 238 g/mol. The van der Waals surface area contributed by atoms with Crippen LogP contribution in [0.15, 0.2) is 12.1 Å². The summed E-state index contributed by atoms with van der Waals surface area (Å²) in [6.07, 6.45) is 0. The van der Waals surface area contributed by atoms with Gasteiger partial charge in [0.2, 0.25) is 0 Å². The van der Waals surface area contributed by atoms with Crippen LogP contribution in [0.25, 0.3) is 0 Å². The zero-order valence-electron chi connectivity index (χ0n) is 9.61. The molecule has 6 nitrogen and oxygen atoms in total. The molecule has 0 aliphatic carbocycles. The predicted molar refractivity (Wildman–Crippen MR) is 60.5 cm³/mol. The van der Waals surface area contributed by atoms with Crippen molar-refractivity contribution in [2.45, 2.75) is 6.04 Å². The predicted octanol–water partition coefficient (Wildman–Crippen LogP) is 0.763. The highest BCUT2D eigenvalue weighted by Crippen LogP contribution is 2.38. The molecule has 6 heteroatoms. The van der Waals surface area contributed by atoms with Gasteiger partial charge in [0.1, 0.15) is 17.2 Å². The first kappa shape index (κ1) is 11.4. The number of benzene rings is 1. The van der Waals surface area contributed by atoms with E-state index in [1.165, 1.54) is 20.3 Å². The van der Waals surface area contributed by atoms with Gasteiger partial charge in [0.15, 0.2) is 0 Å². The Morgan fingerprint density at radius 2 is 2.12 bits per heavy atom. The molecule has 1 aromatic rings. The monoisotopic (exact) mass is 238 g/mol. The number of carbonyl (C=O) groups excluding carboxylic acids is 1. The Balaban J connectivity index is 2.41. The van der Waals surface area contributed by atoms with Crippen LogP contribution in [0.5, 0.6) is 17.2 Å². The fourth-order valence-electron chi connectivity index (χ4n) is 1.85. The number of nitrogens with one attached hydrogen (secondary N) is 2. The SMILES string of the molecule is COc1cc(O)c([C@H]2CNC(=O)N2)c(OC)c1. The van der Waals surface area contributed by atoms with Gasteiger partial charge < -0.3 is 25.2 Å². The molecule has 0 spiro atoms. The second-order valence-corrected chi connectivity index (χ2v) is 3.67. The van der Waals surface area contributed by atoms with Crippen LogP contribution in [-0.2, 0) is 0 Å². The summed E-state index contributed by atoms with van der Waals surface area (Å²) < 4.78 is 10.2. The lowest BCUT2D eigenvalue weighted by atomic mass is 10.0. The fraction of sp³-hybridized carbons (Fsp3) is 0.364. The lowest BCUT2D eigenvalue weighted by Crippen LogP contribution is -2.22. The summed E-state index contributed by atoms with van der Waals surface area (Å²) in [5.41, 5.74) is 0.548. The maximum Gasteiger partial charge on any atom is 0.315 e. The van der Waals surface area contributed by atoms with Crippen LogP contribution in [-0.4, -0.2) is 31.9 Å². The van der Waals surface area contributed by atoms with Crippen molar-refractivity contribution >= 4 is 6.03 Å². The first-order valence-electron chi connectivity index (χ1n) is 5.15. The summed E-state index contributed by atoms with van der Waals surface area (Å²) in [6, 6.07) is 2.60. The fourth-order valence-corrected chi connectivity index (χ4v) is 1.85. The van der Waals surface area contributed by atoms with Crippen molar-refractivity contribution in [2.24, 2.45) is 0 Å². The molecule has 1 heterocycles. The number of ether oxygens (including phenoxy) is 2. The average Bonchev–Trinajstić information content (AvgIpc) is 2.74. The minimum atomic E-state index is -0.302. The number of methoxy groups -OCH3 is 2. The molecule has 1 fully saturated rings. The van der Waals surface area contributed by atoms with E-state index in [0.717, 1.165) is 0 Å². The zero-order chi connectivity index (χ0) is 12.4. The van der Waals surface area contributed by atoms with Gasteiger partial charge in [-0.2, -0.15) is 0 Å². The largest absolute Gasteiger partial charge is 0.507 e. The van der Waals surface area contributed by atoms with Gasteiger partial charge in [-0.05, 0) is 0 Å². The molecule has 17 heavy (non-hydrogen) atoms. The standard InChI is InChI=1S/C11H14N2O4/c1-16-6-3-8(14)10(9(4-6)17-2)7-5-12-11(15)13-7/h3-4,7,14H,5H2,1-2H3,(H2,12,13,15)/t7-/m1/s1. The molecule has 92 valence electrons. The van der Waals surface area contributed by atoms with Gasteiger partial charge >= 0.3 is 6.03 Å². The van der Waals surface area contributed by atoms with Crippen LogP contribution >= 0.6 is 0 Å². The molecule has 0 saturated carbocycles. The minimum Gasteiger partial charge on any atom is -0.507 e. The first-order chi connectivity index (χ1) is 8.15. The number of rotatable bonds is 3. The van der Waals surface area contributed by atoms with E-state index in [9.17, 15) is 9.90 Å². The third-order valence-electron chi connectivity index (χ3n) is 2.67. The third-order valence-corrected chi connectivity index (χ3v) is 2.67. The van der Waals surface area contributed by atoms with E-state index >= 15 is 0 Å². The molecule has 1 aliphatic rings. The molecule has 0 aromatic heterocycles. The number of amides is 2. The molecule has 0 radical (unpaired) electrons. The molecule has 1 saturated heterocycles. The Bertz CT molecular complexity index is 447.